The summed E-state index contributed by atoms with van der Waals surface area (Å²) < 4.78 is 19.5. The maximum absolute atomic E-state index is 14.3. The number of nitrogens with zero attached hydrogens (tertiary/aromatic N) is 2. The minimum atomic E-state index is -2.44. The third-order valence-corrected chi connectivity index (χ3v) is 4.54. The Morgan fingerprint density at radius 1 is 1.27 bits per heavy atom. The highest BCUT2D eigenvalue weighted by Crippen LogP contribution is 2.30. The number of halogens is 1. The molecule has 9 heteroatoms. The Kier molecular flexibility index (Phi) is 5.90. The first-order valence-corrected chi connectivity index (χ1v) is 8.63. The summed E-state index contributed by atoms with van der Waals surface area (Å²) in [5.41, 5.74) is 5.90. The highest BCUT2D eigenvalue weighted by atomic mass is 19.1. The molecule has 2 aliphatic heterocycles. The number of hydroxylamine groups is 2. The third-order valence-electron chi connectivity index (χ3n) is 4.54. The van der Waals surface area contributed by atoms with E-state index in [4.69, 9.17) is 15.3 Å². The van der Waals surface area contributed by atoms with Gasteiger partial charge in [-0.1, -0.05) is 33.8 Å². The second-order valence-corrected chi connectivity index (χ2v) is 7.35. The number of alkyl halides is 1. The molecule has 26 heavy (non-hydrogen) atoms. The van der Waals surface area contributed by atoms with E-state index in [-0.39, 0.29) is 18.4 Å². The molecule has 0 aliphatic carbocycles. The van der Waals surface area contributed by atoms with Crippen molar-refractivity contribution in [2.24, 2.45) is 17.6 Å². The molecule has 2 bridgehead atoms. The van der Waals surface area contributed by atoms with Crippen LogP contribution in [0.3, 0.4) is 0 Å². The van der Waals surface area contributed by atoms with Crippen LogP contribution in [0.4, 0.5) is 9.18 Å². The summed E-state index contributed by atoms with van der Waals surface area (Å²) in [6.07, 6.45) is -1.30. The molecule has 2 heterocycles. The van der Waals surface area contributed by atoms with Crippen molar-refractivity contribution in [1.82, 2.24) is 9.96 Å². The average molecular weight is 371 g/mol. The number of primary amides is 1. The number of rotatable bonds is 7. The molecule has 8 nitrogen and oxygen atoms in total. The van der Waals surface area contributed by atoms with Crippen LogP contribution in [0.25, 0.3) is 0 Å². The lowest BCUT2D eigenvalue weighted by atomic mass is 9.96. The highest BCUT2D eigenvalue weighted by Gasteiger charge is 2.48. The normalized spacial score (nSPS) is 23.7. The van der Waals surface area contributed by atoms with E-state index in [1.165, 1.54) is 4.90 Å². The molecular formula is C17H26FN3O5. The van der Waals surface area contributed by atoms with Crippen molar-refractivity contribution in [3.8, 4) is 0 Å². The smallest absolute Gasteiger partial charge is 0.371 e. The number of fused-ring (bicyclic) bond motifs is 2. The quantitative estimate of drug-likeness (QED) is 0.538. The molecule has 1 fully saturated rings. The number of carbonyl (C=O) groups excluding carboxylic acids is 3. The summed E-state index contributed by atoms with van der Waals surface area (Å²) in [5.74, 6) is -1.85. The van der Waals surface area contributed by atoms with Gasteiger partial charge in [0.2, 0.25) is 5.91 Å². The number of amides is 3. The topological polar surface area (TPSA) is 102 Å². The fraction of sp³-hybridized carbons (Fsp3) is 0.706. The molecular weight excluding hydrogens is 345 g/mol. The second-order valence-electron chi connectivity index (χ2n) is 7.35. The Hall–Kier alpha value is -2.16. The lowest BCUT2D eigenvalue weighted by Crippen LogP contribution is -2.48. The van der Waals surface area contributed by atoms with Gasteiger partial charge in [-0.3, -0.25) is 4.79 Å². The Balaban J connectivity index is 2.06. The van der Waals surface area contributed by atoms with Gasteiger partial charge in [0.15, 0.2) is 0 Å². The van der Waals surface area contributed by atoms with Gasteiger partial charge >= 0.3 is 18.4 Å². The van der Waals surface area contributed by atoms with Crippen LogP contribution in [-0.4, -0.2) is 59.0 Å². The molecule has 0 spiro atoms. The number of hydrogen-bond acceptors (Lipinski definition) is 5. The molecule has 1 saturated heterocycles. The van der Waals surface area contributed by atoms with Crippen molar-refractivity contribution in [3.05, 3.63) is 11.6 Å². The van der Waals surface area contributed by atoms with Crippen molar-refractivity contribution in [2.45, 2.75) is 59.2 Å². The van der Waals surface area contributed by atoms with E-state index < -0.39 is 42.5 Å². The monoisotopic (exact) mass is 371 g/mol. The zero-order valence-corrected chi connectivity index (χ0v) is 15.6. The van der Waals surface area contributed by atoms with E-state index in [1.54, 1.807) is 13.0 Å². The zero-order chi connectivity index (χ0) is 19.8. The summed E-state index contributed by atoms with van der Waals surface area (Å²) >= 11 is 0. The fourth-order valence-electron chi connectivity index (χ4n) is 3.47. The van der Waals surface area contributed by atoms with Gasteiger partial charge in [0, 0.05) is 0 Å². The van der Waals surface area contributed by atoms with Gasteiger partial charge in [-0.05, 0) is 24.3 Å². The van der Waals surface area contributed by atoms with Crippen molar-refractivity contribution >= 4 is 17.9 Å². The molecule has 3 atom stereocenters. The molecule has 146 valence electrons. The minimum Gasteiger partial charge on any atom is -0.458 e. The van der Waals surface area contributed by atoms with Gasteiger partial charge in [-0.15, -0.1) is 0 Å². The number of urea groups is 1. The maximum atomic E-state index is 14.3. The van der Waals surface area contributed by atoms with Crippen LogP contribution in [0.2, 0.25) is 0 Å². The van der Waals surface area contributed by atoms with E-state index in [2.05, 4.69) is 0 Å². The molecule has 0 radical (unpaired) electrons. The van der Waals surface area contributed by atoms with E-state index in [0.29, 0.717) is 5.57 Å². The standard InChI is InChI=1S/C17H26FN3O5/c1-8(2)13(9(3)4)25-16(23)14(18)26-21-11-6-10(5)12(15(19)22)20(7-11)17(21)24/h6,8-9,11-14H,7H2,1-5H3,(H2,19,22)/t11-,12+,14?/m1/s1. The first-order valence-electron chi connectivity index (χ1n) is 8.63. The van der Waals surface area contributed by atoms with Crippen LogP contribution >= 0.6 is 0 Å². The third kappa shape index (κ3) is 3.82. The molecule has 2 N–H and O–H groups in total. The summed E-state index contributed by atoms with van der Waals surface area (Å²) in [7, 11) is 0. The molecule has 2 rings (SSSR count). The molecule has 0 saturated carbocycles. The number of hydrogen-bond donors (Lipinski definition) is 1. The van der Waals surface area contributed by atoms with Crippen molar-refractivity contribution < 1.29 is 28.3 Å². The molecule has 3 amide bonds. The van der Waals surface area contributed by atoms with Crippen LogP contribution < -0.4 is 5.73 Å². The van der Waals surface area contributed by atoms with E-state index in [1.807, 2.05) is 27.7 Å². The van der Waals surface area contributed by atoms with Gasteiger partial charge < -0.3 is 15.4 Å². The van der Waals surface area contributed by atoms with Gasteiger partial charge in [0.25, 0.3) is 0 Å². The summed E-state index contributed by atoms with van der Waals surface area (Å²) in [4.78, 5) is 42.1. The van der Waals surface area contributed by atoms with Gasteiger partial charge in [0.05, 0.1) is 12.6 Å². The molecule has 0 aromatic carbocycles. The van der Waals surface area contributed by atoms with Gasteiger partial charge in [0.1, 0.15) is 12.1 Å². The van der Waals surface area contributed by atoms with Gasteiger partial charge in [-0.25, -0.2) is 18.8 Å². The minimum absolute atomic E-state index is 0.00630. The first-order chi connectivity index (χ1) is 12.0. The van der Waals surface area contributed by atoms with E-state index >= 15 is 0 Å². The average Bonchev–Trinajstić information content (AvgIpc) is 2.76. The van der Waals surface area contributed by atoms with Crippen LogP contribution in [0, 0.1) is 11.8 Å². The Morgan fingerprint density at radius 3 is 2.35 bits per heavy atom. The maximum Gasteiger partial charge on any atom is 0.371 e. The summed E-state index contributed by atoms with van der Waals surface area (Å²) in [6.45, 7) is 9.25. The number of nitrogens with two attached hydrogens (primary N) is 1. The van der Waals surface area contributed by atoms with Crippen molar-refractivity contribution in [1.29, 1.82) is 0 Å². The Bertz CT molecular complexity index is 614. The highest BCUT2D eigenvalue weighted by molar-refractivity contribution is 5.90. The van der Waals surface area contributed by atoms with E-state index in [9.17, 15) is 18.8 Å². The lowest BCUT2D eigenvalue weighted by molar-refractivity contribution is -0.228. The predicted octanol–water partition coefficient (Wildman–Crippen LogP) is 1.36. The lowest BCUT2D eigenvalue weighted by Gasteiger charge is -2.27. The summed E-state index contributed by atoms with van der Waals surface area (Å²) in [6, 6.07) is -2.22. The molecule has 1 unspecified atom stereocenters. The number of ether oxygens (including phenoxy) is 1. The van der Waals surface area contributed by atoms with E-state index in [0.717, 1.165) is 5.06 Å². The largest absolute Gasteiger partial charge is 0.458 e. The predicted molar refractivity (Wildman–Crippen MR) is 90.0 cm³/mol. The van der Waals surface area contributed by atoms with Crippen LogP contribution in [-0.2, 0) is 19.2 Å². The summed E-state index contributed by atoms with van der Waals surface area (Å²) in [5, 5.41) is 0.762. The SMILES string of the molecule is CC1=C[C@@H]2CN(C(=O)N2OC(F)C(=O)OC(C(C)C)C(C)C)[C@@H]1C(N)=O. The van der Waals surface area contributed by atoms with Gasteiger partial charge in [-0.2, -0.15) is 5.06 Å². The number of carbonyl (C=O) groups is 3. The van der Waals surface area contributed by atoms with Crippen molar-refractivity contribution in [3.63, 3.8) is 0 Å². The van der Waals surface area contributed by atoms with Crippen LogP contribution in [0.15, 0.2) is 11.6 Å². The molecule has 2 aliphatic rings. The number of esters is 1. The second kappa shape index (κ2) is 7.61. The van der Waals surface area contributed by atoms with Crippen LogP contribution in [0.1, 0.15) is 34.6 Å². The Morgan fingerprint density at radius 2 is 1.85 bits per heavy atom. The Labute approximate surface area is 152 Å². The van der Waals surface area contributed by atoms with Crippen LogP contribution in [0.5, 0.6) is 0 Å². The first kappa shape index (κ1) is 20.2. The zero-order valence-electron chi connectivity index (χ0n) is 15.6. The molecule has 0 aromatic heterocycles. The molecule has 0 aromatic rings. The van der Waals surface area contributed by atoms with Crippen molar-refractivity contribution in [2.75, 3.05) is 6.54 Å². The fourth-order valence-corrected chi connectivity index (χ4v) is 3.47.